The molecule has 0 spiro atoms. The van der Waals surface area contributed by atoms with E-state index in [0.717, 1.165) is 25.9 Å². The number of piperidine rings is 1. The summed E-state index contributed by atoms with van der Waals surface area (Å²) >= 11 is 0. The van der Waals surface area contributed by atoms with E-state index < -0.39 is 0 Å². The van der Waals surface area contributed by atoms with Crippen LogP contribution in [0.4, 0.5) is 0 Å². The SMILES string of the molecule is CN(C)C(=O)CN(C)C(=O)COC1CCNCC1. The average Bonchev–Trinajstić information content (AvgIpc) is 2.36. The van der Waals surface area contributed by atoms with Gasteiger partial charge in [-0.3, -0.25) is 9.59 Å². The molecule has 1 heterocycles. The van der Waals surface area contributed by atoms with Gasteiger partial charge in [0.05, 0.1) is 12.6 Å². The summed E-state index contributed by atoms with van der Waals surface area (Å²) in [6.45, 7) is 2.03. The van der Waals surface area contributed by atoms with Gasteiger partial charge in [0.15, 0.2) is 0 Å². The van der Waals surface area contributed by atoms with Crippen LogP contribution in [0.5, 0.6) is 0 Å². The second kappa shape index (κ2) is 7.33. The van der Waals surface area contributed by atoms with Crippen LogP contribution < -0.4 is 5.32 Å². The lowest BCUT2D eigenvalue weighted by molar-refractivity contribution is -0.142. The highest BCUT2D eigenvalue weighted by Crippen LogP contribution is 2.07. The predicted molar refractivity (Wildman–Crippen MR) is 68.2 cm³/mol. The number of rotatable bonds is 5. The normalized spacial score (nSPS) is 16.4. The quantitative estimate of drug-likeness (QED) is 0.707. The van der Waals surface area contributed by atoms with E-state index in [1.807, 2.05) is 0 Å². The molecule has 18 heavy (non-hydrogen) atoms. The summed E-state index contributed by atoms with van der Waals surface area (Å²) in [4.78, 5) is 26.1. The van der Waals surface area contributed by atoms with Crippen molar-refractivity contribution in [2.24, 2.45) is 0 Å². The van der Waals surface area contributed by atoms with Gasteiger partial charge in [-0.25, -0.2) is 0 Å². The molecular weight excluding hydrogens is 234 g/mol. The van der Waals surface area contributed by atoms with Crippen LogP contribution in [0.1, 0.15) is 12.8 Å². The van der Waals surface area contributed by atoms with Gasteiger partial charge in [0.2, 0.25) is 11.8 Å². The van der Waals surface area contributed by atoms with Crippen molar-refractivity contribution in [1.82, 2.24) is 15.1 Å². The first-order valence-electron chi connectivity index (χ1n) is 6.27. The first kappa shape index (κ1) is 14.9. The van der Waals surface area contributed by atoms with Gasteiger partial charge >= 0.3 is 0 Å². The maximum absolute atomic E-state index is 11.8. The molecule has 0 bridgehead atoms. The van der Waals surface area contributed by atoms with Gasteiger partial charge in [0.25, 0.3) is 0 Å². The maximum Gasteiger partial charge on any atom is 0.248 e. The molecule has 0 unspecified atom stereocenters. The fourth-order valence-corrected chi connectivity index (χ4v) is 1.69. The fraction of sp³-hybridized carbons (Fsp3) is 0.833. The van der Waals surface area contributed by atoms with E-state index in [0.29, 0.717) is 0 Å². The number of carbonyl (C=O) groups is 2. The molecule has 1 saturated heterocycles. The highest BCUT2D eigenvalue weighted by atomic mass is 16.5. The number of likely N-dealkylation sites (N-methyl/N-ethyl adjacent to an activating group) is 2. The van der Waals surface area contributed by atoms with Crippen molar-refractivity contribution < 1.29 is 14.3 Å². The lowest BCUT2D eigenvalue weighted by Crippen LogP contribution is -2.40. The van der Waals surface area contributed by atoms with E-state index in [-0.39, 0.29) is 31.1 Å². The van der Waals surface area contributed by atoms with Gasteiger partial charge in [-0.15, -0.1) is 0 Å². The van der Waals surface area contributed by atoms with Gasteiger partial charge in [-0.1, -0.05) is 0 Å². The third kappa shape index (κ3) is 5.01. The van der Waals surface area contributed by atoms with E-state index in [1.54, 1.807) is 21.1 Å². The van der Waals surface area contributed by atoms with E-state index in [2.05, 4.69) is 5.32 Å². The highest BCUT2D eigenvalue weighted by Gasteiger charge is 2.18. The summed E-state index contributed by atoms with van der Waals surface area (Å²) in [5.74, 6) is -0.239. The van der Waals surface area contributed by atoms with Crippen LogP contribution in [-0.4, -0.2) is 75.1 Å². The van der Waals surface area contributed by atoms with Crippen molar-refractivity contribution in [3.8, 4) is 0 Å². The van der Waals surface area contributed by atoms with Crippen LogP contribution in [0.3, 0.4) is 0 Å². The van der Waals surface area contributed by atoms with Crippen LogP contribution in [0.15, 0.2) is 0 Å². The molecule has 104 valence electrons. The minimum Gasteiger partial charge on any atom is -0.368 e. The van der Waals surface area contributed by atoms with Crippen molar-refractivity contribution in [2.75, 3.05) is 47.4 Å². The Balaban J connectivity index is 2.24. The van der Waals surface area contributed by atoms with Crippen molar-refractivity contribution in [3.05, 3.63) is 0 Å². The molecule has 0 radical (unpaired) electrons. The molecule has 6 heteroatoms. The number of hydrogen-bond acceptors (Lipinski definition) is 4. The second-order valence-corrected chi connectivity index (χ2v) is 4.80. The summed E-state index contributed by atoms with van der Waals surface area (Å²) in [5.41, 5.74) is 0. The Morgan fingerprint density at radius 2 is 1.78 bits per heavy atom. The van der Waals surface area contributed by atoms with Crippen LogP contribution >= 0.6 is 0 Å². The van der Waals surface area contributed by atoms with E-state index in [9.17, 15) is 9.59 Å². The topological polar surface area (TPSA) is 61.9 Å². The smallest absolute Gasteiger partial charge is 0.248 e. The standard InChI is InChI=1S/C12H23N3O3/c1-14(2)11(16)8-15(3)12(17)9-18-10-4-6-13-7-5-10/h10,13H,4-9H2,1-3H3. The fourth-order valence-electron chi connectivity index (χ4n) is 1.69. The average molecular weight is 257 g/mol. The van der Waals surface area contributed by atoms with Crippen molar-refractivity contribution in [3.63, 3.8) is 0 Å². The zero-order valence-corrected chi connectivity index (χ0v) is 11.4. The third-order valence-electron chi connectivity index (χ3n) is 3.03. The first-order valence-corrected chi connectivity index (χ1v) is 6.27. The van der Waals surface area contributed by atoms with E-state index in [4.69, 9.17) is 4.74 Å². The molecule has 1 aliphatic rings. The lowest BCUT2D eigenvalue weighted by Gasteiger charge is -2.24. The predicted octanol–water partition coefficient (Wildman–Crippen LogP) is -0.698. The number of hydrogen-bond donors (Lipinski definition) is 1. The Hall–Kier alpha value is -1.14. The van der Waals surface area contributed by atoms with Crippen molar-refractivity contribution in [1.29, 1.82) is 0 Å². The lowest BCUT2D eigenvalue weighted by atomic mass is 10.1. The van der Waals surface area contributed by atoms with Crippen molar-refractivity contribution >= 4 is 11.8 Å². The molecule has 0 saturated carbocycles. The van der Waals surface area contributed by atoms with Gasteiger partial charge < -0.3 is 19.9 Å². The van der Waals surface area contributed by atoms with Gasteiger partial charge in [0.1, 0.15) is 6.61 Å². The molecule has 1 rings (SSSR count). The molecule has 0 aromatic carbocycles. The molecule has 1 aliphatic heterocycles. The Kier molecular flexibility index (Phi) is 6.07. The minimum absolute atomic E-state index is 0.0574. The molecule has 2 amide bonds. The third-order valence-corrected chi connectivity index (χ3v) is 3.03. The van der Waals surface area contributed by atoms with Gasteiger partial charge in [0, 0.05) is 21.1 Å². The second-order valence-electron chi connectivity index (χ2n) is 4.80. The summed E-state index contributed by atoms with van der Waals surface area (Å²) in [5, 5.41) is 3.24. The largest absolute Gasteiger partial charge is 0.368 e. The molecule has 0 aromatic rings. The van der Waals surface area contributed by atoms with E-state index >= 15 is 0 Å². The molecule has 0 aromatic heterocycles. The first-order chi connectivity index (χ1) is 8.50. The molecule has 6 nitrogen and oxygen atoms in total. The van der Waals surface area contributed by atoms with E-state index in [1.165, 1.54) is 9.80 Å². The Morgan fingerprint density at radius 3 is 2.33 bits per heavy atom. The van der Waals surface area contributed by atoms with Crippen LogP contribution in [0, 0.1) is 0 Å². The van der Waals surface area contributed by atoms with Gasteiger partial charge in [-0.2, -0.15) is 0 Å². The molecule has 0 aliphatic carbocycles. The molecule has 0 atom stereocenters. The summed E-state index contributed by atoms with van der Waals surface area (Å²) in [6.07, 6.45) is 2.04. The van der Waals surface area contributed by atoms with Gasteiger partial charge in [-0.05, 0) is 25.9 Å². The molecule has 1 fully saturated rings. The summed E-state index contributed by atoms with van der Waals surface area (Å²) in [6, 6.07) is 0. The number of nitrogens with zero attached hydrogens (tertiary/aromatic N) is 2. The Labute approximate surface area is 108 Å². The van der Waals surface area contributed by atoms with Crippen molar-refractivity contribution in [2.45, 2.75) is 18.9 Å². The molecular formula is C12H23N3O3. The number of amides is 2. The minimum atomic E-state index is -0.149. The van der Waals surface area contributed by atoms with Crippen LogP contribution in [0.25, 0.3) is 0 Å². The number of nitrogens with one attached hydrogen (secondary N) is 1. The summed E-state index contributed by atoms with van der Waals surface area (Å²) < 4.78 is 5.55. The zero-order valence-electron chi connectivity index (χ0n) is 11.4. The Morgan fingerprint density at radius 1 is 1.17 bits per heavy atom. The number of ether oxygens (including phenoxy) is 1. The van der Waals surface area contributed by atoms with Crippen LogP contribution in [-0.2, 0) is 14.3 Å². The molecule has 1 N–H and O–H groups in total. The number of carbonyl (C=O) groups excluding carboxylic acids is 2. The zero-order chi connectivity index (χ0) is 13.5. The Bertz CT molecular complexity index is 288. The van der Waals surface area contributed by atoms with Crippen LogP contribution in [0.2, 0.25) is 0 Å². The summed E-state index contributed by atoms with van der Waals surface area (Å²) in [7, 11) is 4.97. The maximum atomic E-state index is 11.8. The highest BCUT2D eigenvalue weighted by molar-refractivity contribution is 5.84. The monoisotopic (exact) mass is 257 g/mol.